The lowest BCUT2D eigenvalue weighted by Gasteiger charge is -2.12. The van der Waals surface area contributed by atoms with Gasteiger partial charge in [-0.05, 0) is 35.5 Å². The van der Waals surface area contributed by atoms with E-state index in [1.54, 1.807) is 12.1 Å². The number of carbonyl (C=O) groups excluding carboxylic acids is 4. The van der Waals surface area contributed by atoms with Crippen LogP contribution in [0.25, 0.3) is 6.08 Å². The Hall–Kier alpha value is -2.53. The van der Waals surface area contributed by atoms with Gasteiger partial charge in [-0.15, -0.1) is 0 Å². The van der Waals surface area contributed by atoms with E-state index in [1.165, 1.54) is 27.4 Å². The van der Waals surface area contributed by atoms with Crippen molar-refractivity contribution in [3.05, 3.63) is 27.1 Å². The molecule has 150 valence electrons. The highest BCUT2D eigenvalue weighted by atomic mass is 79.9. The highest BCUT2D eigenvalue weighted by Gasteiger charge is 2.36. The van der Waals surface area contributed by atoms with Crippen LogP contribution < -0.4 is 9.47 Å². The zero-order chi connectivity index (χ0) is 20.8. The summed E-state index contributed by atoms with van der Waals surface area (Å²) in [6, 6.07) is 3.14. The number of benzene rings is 1. The van der Waals surface area contributed by atoms with Crippen LogP contribution in [0.5, 0.6) is 11.5 Å². The van der Waals surface area contributed by atoms with Crippen molar-refractivity contribution >= 4 is 56.9 Å². The van der Waals surface area contributed by atoms with Crippen LogP contribution in [0.2, 0.25) is 0 Å². The molecule has 28 heavy (non-hydrogen) atoms. The first-order valence-corrected chi connectivity index (χ1v) is 9.31. The van der Waals surface area contributed by atoms with Gasteiger partial charge in [-0.1, -0.05) is 15.9 Å². The standard InChI is InChI=1S/C17H16BrNO8S/c1-24-11-4-9(10(18)6-12(11)27-8-15(21)26-3)5-13-16(22)19(17(23)28-13)7-14(20)25-2/h4-6H,7-8H2,1-3H3. The number of esters is 2. The number of nitrogens with zero attached hydrogens (tertiary/aromatic N) is 1. The lowest BCUT2D eigenvalue weighted by Crippen LogP contribution is -2.34. The molecule has 1 fully saturated rings. The Labute approximate surface area is 173 Å². The molecule has 1 aliphatic heterocycles. The number of carbonyl (C=O) groups is 4. The predicted octanol–water partition coefficient (Wildman–Crippen LogP) is 2.22. The summed E-state index contributed by atoms with van der Waals surface area (Å²) in [6.45, 7) is -0.756. The topological polar surface area (TPSA) is 108 Å². The minimum absolute atomic E-state index is 0.139. The third-order valence-electron chi connectivity index (χ3n) is 3.53. The van der Waals surface area contributed by atoms with Gasteiger partial charge in [-0.25, -0.2) is 4.79 Å². The Bertz CT molecular complexity index is 854. The van der Waals surface area contributed by atoms with Crippen LogP contribution in [-0.4, -0.2) is 62.5 Å². The third kappa shape index (κ3) is 5.04. The summed E-state index contributed by atoms with van der Waals surface area (Å²) < 4.78 is 20.2. The largest absolute Gasteiger partial charge is 0.493 e. The van der Waals surface area contributed by atoms with Crippen molar-refractivity contribution in [1.29, 1.82) is 0 Å². The van der Waals surface area contributed by atoms with Crippen LogP contribution in [0, 0.1) is 0 Å². The Morgan fingerprint density at radius 3 is 2.39 bits per heavy atom. The molecule has 11 heteroatoms. The van der Waals surface area contributed by atoms with Crippen molar-refractivity contribution in [3.8, 4) is 11.5 Å². The number of imide groups is 1. The summed E-state index contributed by atoms with van der Waals surface area (Å²) >= 11 is 4.06. The van der Waals surface area contributed by atoms with E-state index in [-0.39, 0.29) is 17.3 Å². The fraction of sp³-hybridized carbons (Fsp3) is 0.294. The summed E-state index contributed by atoms with van der Waals surface area (Å²) in [5, 5.41) is -0.567. The number of halogens is 1. The third-order valence-corrected chi connectivity index (χ3v) is 5.13. The summed E-state index contributed by atoms with van der Waals surface area (Å²) in [5.41, 5.74) is 0.533. The average molecular weight is 474 g/mol. The summed E-state index contributed by atoms with van der Waals surface area (Å²) in [6.07, 6.45) is 1.48. The fourth-order valence-electron chi connectivity index (χ4n) is 2.10. The molecular weight excluding hydrogens is 458 g/mol. The van der Waals surface area contributed by atoms with E-state index in [2.05, 4.69) is 25.4 Å². The first kappa shape index (κ1) is 21.8. The van der Waals surface area contributed by atoms with Crippen LogP contribution in [0.4, 0.5) is 4.79 Å². The highest BCUT2D eigenvalue weighted by molar-refractivity contribution is 9.10. The number of amides is 2. The van der Waals surface area contributed by atoms with E-state index in [0.717, 1.165) is 4.90 Å². The van der Waals surface area contributed by atoms with Crippen LogP contribution in [0.3, 0.4) is 0 Å². The van der Waals surface area contributed by atoms with Gasteiger partial charge < -0.3 is 18.9 Å². The van der Waals surface area contributed by atoms with Crippen LogP contribution in [0.15, 0.2) is 21.5 Å². The normalized spacial score (nSPS) is 15.0. The first-order valence-electron chi connectivity index (χ1n) is 7.70. The van der Waals surface area contributed by atoms with Gasteiger partial charge in [-0.2, -0.15) is 0 Å². The predicted molar refractivity (Wildman–Crippen MR) is 103 cm³/mol. The van der Waals surface area contributed by atoms with Crippen molar-refractivity contribution in [2.45, 2.75) is 0 Å². The van der Waals surface area contributed by atoms with Gasteiger partial charge in [0, 0.05) is 4.47 Å². The second-order valence-corrected chi connectivity index (χ2v) is 7.08. The zero-order valence-corrected chi connectivity index (χ0v) is 17.5. The minimum Gasteiger partial charge on any atom is -0.493 e. The van der Waals surface area contributed by atoms with E-state index < -0.39 is 29.6 Å². The van der Waals surface area contributed by atoms with Crippen molar-refractivity contribution in [2.24, 2.45) is 0 Å². The number of methoxy groups -OCH3 is 3. The van der Waals surface area contributed by atoms with E-state index in [4.69, 9.17) is 9.47 Å². The van der Waals surface area contributed by atoms with Crippen LogP contribution in [0.1, 0.15) is 5.56 Å². The number of hydrogen-bond donors (Lipinski definition) is 0. The summed E-state index contributed by atoms with van der Waals surface area (Å²) in [5.74, 6) is -1.25. The molecule has 0 aromatic heterocycles. The molecule has 0 atom stereocenters. The molecule has 0 bridgehead atoms. The second-order valence-electron chi connectivity index (χ2n) is 5.23. The van der Waals surface area contributed by atoms with Crippen molar-refractivity contribution in [2.75, 3.05) is 34.5 Å². The molecule has 0 aliphatic carbocycles. The fourth-order valence-corrected chi connectivity index (χ4v) is 3.37. The molecule has 2 rings (SSSR count). The van der Waals surface area contributed by atoms with E-state index in [9.17, 15) is 19.2 Å². The summed E-state index contributed by atoms with van der Waals surface area (Å²) in [4.78, 5) is 47.9. The maximum Gasteiger partial charge on any atom is 0.343 e. The molecule has 1 saturated heterocycles. The second kappa shape index (κ2) is 9.60. The maximum atomic E-state index is 12.4. The number of rotatable bonds is 7. The average Bonchev–Trinajstić information content (AvgIpc) is 2.94. The Morgan fingerprint density at radius 2 is 1.79 bits per heavy atom. The Balaban J connectivity index is 2.28. The maximum absolute atomic E-state index is 12.4. The van der Waals surface area contributed by atoms with E-state index in [1.807, 2.05) is 0 Å². The van der Waals surface area contributed by atoms with Gasteiger partial charge in [-0.3, -0.25) is 19.3 Å². The zero-order valence-electron chi connectivity index (χ0n) is 15.1. The molecule has 9 nitrogen and oxygen atoms in total. The number of ether oxygens (including phenoxy) is 4. The highest BCUT2D eigenvalue weighted by Crippen LogP contribution is 2.38. The van der Waals surface area contributed by atoms with Gasteiger partial charge >= 0.3 is 11.9 Å². The molecule has 0 spiro atoms. The van der Waals surface area contributed by atoms with Crippen LogP contribution in [-0.2, 0) is 23.9 Å². The first-order chi connectivity index (χ1) is 13.3. The molecule has 0 unspecified atom stereocenters. The van der Waals surface area contributed by atoms with E-state index in [0.29, 0.717) is 27.5 Å². The molecule has 1 heterocycles. The molecular formula is C17H16BrNO8S. The minimum atomic E-state index is -0.696. The van der Waals surface area contributed by atoms with Crippen molar-refractivity contribution in [3.63, 3.8) is 0 Å². The molecule has 0 radical (unpaired) electrons. The van der Waals surface area contributed by atoms with Crippen molar-refractivity contribution < 1.29 is 38.1 Å². The van der Waals surface area contributed by atoms with Gasteiger partial charge in [0.15, 0.2) is 18.1 Å². The SMILES string of the molecule is COC(=O)COc1cc(Br)c(C=C2SC(=O)N(CC(=O)OC)C2=O)cc1OC. The molecule has 2 amide bonds. The Morgan fingerprint density at radius 1 is 1.11 bits per heavy atom. The quantitative estimate of drug-likeness (QED) is 0.434. The van der Waals surface area contributed by atoms with Crippen LogP contribution >= 0.6 is 27.7 Å². The molecule has 1 aromatic carbocycles. The van der Waals surface area contributed by atoms with Crippen molar-refractivity contribution in [1.82, 2.24) is 4.90 Å². The summed E-state index contributed by atoms with van der Waals surface area (Å²) in [7, 11) is 3.84. The molecule has 1 aromatic rings. The monoisotopic (exact) mass is 473 g/mol. The van der Waals surface area contributed by atoms with E-state index >= 15 is 0 Å². The Kier molecular flexibility index (Phi) is 7.46. The number of thioether (sulfide) groups is 1. The van der Waals surface area contributed by atoms with Gasteiger partial charge in [0.2, 0.25) is 0 Å². The van der Waals surface area contributed by atoms with Gasteiger partial charge in [0.25, 0.3) is 11.1 Å². The van der Waals surface area contributed by atoms with Gasteiger partial charge in [0.1, 0.15) is 6.54 Å². The molecule has 0 saturated carbocycles. The lowest BCUT2D eigenvalue weighted by atomic mass is 10.2. The molecule has 1 aliphatic rings. The molecule has 0 N–H and O–H groups in total. The lowest BCUT2D eigenvalue weighted by molar-refractivity contribution is -0.143. The smallest absolute Gasteiger partial charge is 0.343 e. The van der Waals surface area contributed by atoms with Gasteiger partial charge in [0.05, 0.1) is 26.2 Å². The number of hydrogen-bond acceptors (Lipinski definition) is 9.